The number of allylic oxidation sites excluding steroid dienone is 2. The van der Waals surface area contributed by atoms with Crippen molar-refractivity contribution in [3.8, 4) is 0 Å². The van der Waals surface area contributed by atoms with Gasteiger partial charge in [-0.3, -0.25) is 0 Å². The van der Waals surface area contributed by atoms with E-state index in [1.165, 1.54) is 73.6 Å². The summed E-state index contributed by atoms with van der Waals surface area (Å²) in [5, 5.41) is 0. The lowest BCUT2D eigenvalue weighted by molar-refractivity contribution is 0.666. The van der Waals surface area contributed by atoms with Gasteiger partial charge in [-0.2, -0.15) is 0 Å². The van der Waals surface area contributed by atoms with Crippen LogP contribution in [0, 0.1) is 6.92 Å². The molecule has 0 atom stereocenters. The maximum atomic E-state index is 4.06. The zero-order valence-electron chi connectivity index (χ0n) is 18.9. The second-order valence-electron chi connectivity index (χ2n) is 8.72. The van der Waals surface area contributed by atoms with Crippen LogP contribution in [0.1, 0.15) is 63.5 Å². The molecule has 1 rings (SSSR count). The predicted molar refractivity (Wildman–Crippen MR) is 129 cm³/mol. The Balaban J connectivity index is 2.91. The molecule has 0 fully saturated rings. The van der Waals surface area contributed by atoms with Gasteiger partial charge in [-0.1, -0.05) is 51.0 Å². The molecule has 152 valence electrons. The molecular weight excluding hydrogens is 345 g/mol. The molecule has 0 radical (unpaired) electrons. The SMILES string of the molecule is C=CC(=CC)N(CCCC[P+](C)(C)C)c1cc(CCCCCC)ccc1C. The highest BCUT2D eigenvalue weighted by Gasteiger charge is 2.17. The highest BCUT2D eigenvalue weighted by Crippen LogP contribution is 2.47. The summed E-state index contributed by atoms with van der Waals surface area (Å²) < 4.78 is 0. The lowest BCUT2D eigenvalue weighted by Gasteiger charge is -2.28. The molecule has 0 aliphatic carbocycles. The van der Waals surface area contributed by atoms with E-state index in [0.717, 1.165) is 6.54 Å². The molecule has 2 heteroatoms. The van der Waals surface area contributed by atoms with Gasteiger partial charge in [0.1, 0.15) is 0 Å². The standard InChI is InChI=1S/C25H43NP/c1-8-11-12-13-16-23-18-17-22(4)25(21-23)26(24(9-2)10-3)19-14-15-20-27(5,6)7/h9-10,17-18,21H,2,8,11-16,19-20H2,1,3-7H3/q+1. The smallest absolute Gasteiger partial charge is 0.0587 e. The molecule has 1 aromatic rings. The molecule has 0 bridgehead atoms. The predicted octanol–water partition coefficient (Wildman–Crippen LogP) is 7.70. The third kappa shape index (κ3) is 9.11. The summed E-state index contributed by atoms with van der Waals surface area (Å²) in [4.78, 5) is 2.49. The van der Waals surface area contributed by atoms with Crippen molar-refractivity contribution in [2.24, 2.45) is 0 Å². The fourth-order valence-corrected chi connectivity index (χ4v) is 4.66. The first-order valence-electron chi connectivity index (χ1n) is 10.8. The van der Waals surface area contributed by atoms with Crippen LogP contribution in [0.25, 0.3) is 0 Å². The van der Waals surface area contributed by atoms with Gasteiger partial charge in [0.05, 0.1) is 6.16 Å². The quantitative estimate of drug-likeness (QED) is 0.190. The topological polar surface area (TPSA) is 3.24 Å². The summed E-state index contributed by atoms with van der Waals surface area (Å²) in [6.45, 7) is 19.1. The number of hydrogen-bond acceptors (Lipinski definition) is 1. The van der Waals surface area contributed by atoms with E-state index in [1.54, 1.807) is 0 Å². The van der Waals surface area contributed by atoms with Crippen molar-refractivity contribution in [1.29, 1.82) is 0 Å². The van der Waals surface area contributed by atoms with Gasteiger partial charge < -0.3 is 4.90 Å². The van der Waals surface area contributed by atoms with Gasteiger partial charge in [-0.05, 0) is 62.8 Å². The number of anilines is 1. The minimum absolute atomic E-state index is 0.674. The minimum atomic E-state index is -0.674. The monoisotopic (exact) mass is 388 g/mol. The summed E-state index contributed by atoms with van der Waals surface area (Å²) in [6, 6.07) is 7.04. The third-order valence-electron chi connectivity index (χ3n) is 5.16. The Bertz CT molecular complexity index is 595. The van der Waals surface area contributed by atoms with Crippen molar-refractivity contribution >= 4 is 12.9 Å². The van der Waals surface area contributed by atoms with E-state index >= 15 is 0 Å². The number of benzene rings is 1. The second-order valence-corrected chi connectivity index (χ2v) is 13.7. The van der Waals surface area contributed by atoms with Crippen LogP contribution < -0.4 is 4.90 Å². The molecular formula is C25H43NP+. The summed E-state index contributed by atoms with van der Waals surface area (Å²) >= 11 is 0. The maximum absolute atomic E-state index is 4.06. The normalized spacial score (nSPS) is 12.3. The van der Waals surface area contributed by atoms with Crippen molar-refractivity contribution in [1.82, 2.24) is 0 Å². The van der Waals surface area contributed by atoms with Crippen molar-refractivity contribution in [2.45, 2.75) is 65.7 Å². The van der Waals surface area contributed by atoms with Crippen LogP contribution in [0.2, 0.25) is 0 Å². The van der Waals surface area contributed by atoms with Gasteiger partial charge in [0.2, 0.25) is 0 Å². The van der Waals surface area contributed by atoms with Crippen LogP contribution in [0.15, 0.2) is 42.6 Å². The molecule has 0 unspecified atom stereocenters. The molecule has 0 saturated heterocycles. The van der Waals surface area contributed by atoms with Gasteiger partial charge in [-0.25, -0.2) is 0 Å². The van der Waals surface area contributed by atoms with Crippen molar-refractivity contribution in [2.75, 3.05) is 37.6 Å². The Labute approximate surface area is 170 Å². The van der Waals surface area contributed by atoms with Crippen LogP contribution in [-0.4, -0.2) is 32.7 Å². The van der Waals surface area contributed by atoms with Crippen LogP contribution in [-0.2, 0) is 6.42 Å². The molecule has 0 N–H and O–H groups in total. The van der Waals surface area contributed by atoms with Crippen molar-refractivity contribution < 1.29 is 0 Å². The molecule has 0 spiro atoms. The Morgan fingerprint density at radius 3 is 2.41 bits per heavy atom. The van der Waals surface area contributed by atoms with Crippen LogP contribution in [0.3, 0.4) is 0 Å². The fraction of sp³-hybridized carbons (Fsp3) is 0.600. The first kappa shape index (κ1) is 24.0. The number of aryl methyl sites for hydroxylation is 2. The van der Waals surface area contributed by atoms with E-state index < -0.39 is 7.26 Å². The zero-order valence-corrected chi connectivity index (χ0v) is 19.7. The van der Waals surface area contributed by atoms with Crippen LogP contribution >= 0.6 is 7.26 Å². The lowest BCUT2D eigenvalue weighted by atomic mass is 10.0. The molecule has 0 aliphatic rings. The van der Waals surface area contributed by atoms with E-state index in [2.05, 4.69) is 76.5 Å². The Morgan fingerprint density at radius 1 is 1.07 bits per heavy atom. The Kier molecular flexibility index (Phi) is 11.0. The van der Waals surface area contributed by atoms with Gasteiger partial charge in [0, 0.05) is 45.2 Å². The lowest BCUT2D eigenvalue weighted by Crippen LogP contribution is -2.24. The zero-order chi connectivity index (χ0) is 20.3. The summed E-state index contributed by atoms with van der Waals surface area (Å²) in [6.07, 6.45) is 14.6. The van der Waals surface area contributed by atoms with E-state index in [0.29, 0.717) is 0 Å². The number of rotatable bonds is 13. The first-order chi connectivity index (χ1) is 12.8. The van der Waals surface area contributed by atoms with Crippen LogP contribution in [0.5, 0.6) is 0 Å². The van der Waals surface area contributed by atoms with Gasteiger partial charge in [-0.15, -0.1) is 0 Å². The molecule has 1 aromatic carbocycles. The Morgan fingerprint density at radius 2 is 1.81 bits per heavy atom. The Hall–Kier alpha value is -1.07. The van der Waals surface area contributed by atoms with Gasteiger partial charge in [0.25, 0.3) is 0 Å². The molecule has 27 heavy (non-hydrogen) atoms. The van der Waals surface area contributed by atoms with Gasteiger partial charge in [0.15, 0.2) is 0 Å². The highest BCUT2D eigenvalue weighted by molar-refractivity contribution is 7.73. The first-order valence-corrected chi connectivity index (χ1v) is 14.1. The van der Waals surface area contributed by atoms with E-state index in [9.17, 15) is 0 Å². The molecule has 0 aliphatic heterocycles. The largest absolute Gasteiger partial charge is 0.342 e. The van der Waals surface area contributed by atoms with Crippen LogP contribution in [0.4, 0.5) is 5.69 Å². The van der Waals surface area contributed by atoms with E-state index in [-0.39, 0.29) is 0 Å². The molecule has 1 nitrogen and oxygen atoms in total. The maximum Gasteiger partial charge on any atom is 0.0587 e. The average molecular weight is 389 g/mol. The second kappa shape index (κ2) is 12.4. The van der Waals surface area contributed by atoms with Gasteiger partial charge >= 0.3 is 0 Å². The summed E-state index contributed by atoms with van der Waals surface area (Å²) in [5.74, 6) is 0. The summed E-state index contributed by atoms with van der Waals surface area (Å²) in [5.41, 5.74) is 5.42. The minimum Gasteiger partial charge on any atom is -0.342 e. The number of unbranched alkanes of at least 4 members (excludes halogenated alkanes) is 4. The molecule has 0 saturated carbocycles. The third-order valence-corrected chi connectivity index (χ3v) is 6.82. The molecule has 0 aromatic heterocycles. The van der Waals surface area contributed by atoms with E-state index in [4.69, 9.17) is 0 Å². The average Bonchev–Trinajstić information content (AvgIpc) is 2.62. The highest BCUT2D eigenvalue weighted by atomic mass is 31.2. The fourth-order valence-electron chi connectivity index (χ4n) is 3.49. The number of hydrogen-bond donors (Lipinski definition) is 0. The van der Waals surface area contributed by atoms with Crippen molar-refractivity contribution in [3.63, 3.8) is 0 Å². The van der Waals surface area contributed by atoms with E-state index in [1.807, 2.05) is 6.08 Å². The summed E-state index contributed by atoms with van der Waals surface area (Å²) in [7, 11) is -0.674. The molecule has 0 heterocycles. The number of nitrogens with zero attached hydrogens (tertiary/aromatic N) is 1. The molecule has 0 amide bonds. The van der Waals surface area contributed by atoms with Crippen molar-refractivity contribution in [3.05, 3.63) is 53.8 Å².